The Balaban J connectivity index is 1.86. The van der Waals surface area contributed by atoms with Crippen molar-refractivity contribution in [3.05, 3.63) is 29.8 Å². The van der Waals surface area contributed by atoms with Crippen LogP contribution in [0.2, 0.25) is 0 Å². The van der Waals surface area contributed by atoms with Gasteiger partial charge in [-0.25, -0.2) is 4.79 Å². The third kappa shape index (κ3) is 4.46. The van der Waals surface area contributed by atoms with Gasteiger partial charge in [-0.2, -0.15) is 0 Å². The lowest BCUT2D eigenvalue weighted by Gasteiger charge is -2.38. The third-order valence-corrected chi connectivity index (χ3v) is 4.39. The maximum Gasteiger partial charge on any atom is 0.319 e. The molecule has 1 atom stereocenters. The molecule has 3 N–H and O–H groups in total. The standard InChI is InChI=1S/C17H27N3O/c1-4-18-13(2)14-7-5-8-15(11-14)20-16(21)19-12-17(3)9-6-10-17/h5,7-8,11,13,18H,4,6,9-10,12H2,1-3H3,(H2,19,20,21). The molecule has 1 aliphatic rings. The van der Waals surface area contributed by atoms with Crippen molar-refractivity contribution in [1.29, 1.82) is 0 Å². The van der Waals surface area contributed by atoms with Crippen LogP contribution in [0.3, 0.4) is 0 Å². The van der Waals surface area contributed by atoms with Gasteiger partial charge in [0.2, 0.25) is 0 Å². The van der Waals surface area contributed by atoms with Crippen molar-refractivity contribution in [2.45, 2.75) is 46.1 Å². The van der Waals surface area contributed by atoms with Crippen LogP contribution in [-0.4, -0.2) is 19.1 Å². The molecule has 4 heteroatoms. The van der Waals surface area contributed by atoms with Gasteiger partial charge in [0.25, 0.3) is 0 Å². The van der Waals surface area contributed by atoms with Crippen LogP contribution in [0, 0.1) is 5.41 Å². The van der Waals surface area contributed by atoms with Gasteiger partial charge in [-0.3, -0.25) is 0 Å². The zero-order valence-corrected chi connectivity index (χ0v) is 13.3. The number of anilines is 1. The molecule has 2 rings (SSSR count). The highest BCUT2D eigenvalue weighted by molar-refractivity contribution is 5.89. The number of urea groups is 1. The number of carbonyl (C=O) groups is 1. The molecule has 2 amide bonds. The lowest BCUT2D eigenvalue weighted by molar-refractivity contribution is 0.159. The van der Waals surface area contributed by atoms with E-state index in [1.165, 1.54) is 24.8 Å². The summed E-state index contributed by atoms with van der Waals surface area (Å²) in [7, 11) is 0. The van der Waals surface area contributed by atoms with Crippen molar-refractivity contribution in [3.8, 4) is 0 Å². The highest BCUT2D eigenvalue weighted by Crippen LogP contribution is 2.39. The Labute approximate surface area is 127 Å². The second-order valence-electron chi connectivity index (χ2n) is 6.38. The molecule has 1 aliphatic carbocycles. The van der Waals surface area contributed by atoms with Gasteiger partial charge in [-0.1, -0.05) is 32.4 Å². The minimum atomic E-state index is -0.114. The van der Waals surface area contributed by atoms with Crippen LogP contribution in [0.15, 0.2) is 24.3 Å². The quantitative estimate of drug-likeness (QED) is 0.748. The summed E-state index contributed by atoms with van der Waals surface area (Å²) in [4.78, 5) is 12.0. The van der Waals surface area contributed by atoms with E-state index in [0.29, 0.717) is 5.41 Å². The van der Waals surface area contributed by atoms with Crippen LogP contribution < -0.4 is 16.0 Å². The molecule has 21 heavy (non-hydrogen) atoms. The maximum absolute atomic E-state index is 12.0. The van der Waals surface area contributed by atoms with Crippen LogP contribution in [0.1, 0.15) is 51.6 Å². The predicted octanol–water partition coefficient (Wildman–Crippen LogP) is 3.67. The smallest absolute Gasteiger partial charge is 0.319 e. The van der Waals surface area contributed by atoms with Gasteiger partial charge >= 0.3 is 6.03 Å². The fourth-order valence-electron chi connectivity index (χ4n) is 2.74. The molecule has 4 nitrogen and oxygen atoms in total. The molecule has 0 heterocycles. The summed E-state index contributed by atoms with van der Waals surface area (Å²) in [6.07, 6.45) is 3.70. The minimum Gasteiger partial charge on any atom is -0.337 e. The van der Waals surface area contributed by atoms with Crippen molar-refractivity contribution >= 4 is 11.7 Å². The predicted molar refractivity (Wildman–Crippen MR) is 87.5 cm³/mol. The van der Waals surface area contributed by atoms with E-state index in [4.69, 9.17) is 0 Å². The van der Waals surface area contributed by atoms with Crippen molar-refractivity contribution in [2.24, 2.45) is 5.41 Å². The molecule has 1 fully saturated rings. The summed E-state index contributed by atoms with van der Waals surface area (Å²) in [5, 5.41) is 9.28. The number of nitrogens with one attached hydrogen (secondary N) is 3. The fourth-order valence-corrected chi connectivity index (χ4v) is 2.74. The molecule has 116 valence electrons. The van der Waals surface area contributed by atoms with E-state index in [-0.39, 0.29) is 12.1 Å². The normalized spacial score (nSPS) is 17.7. The van der Waals surface area contributed by atoms with E-state index < -0.39 is 0 Å². The molecule has 1 saturated carbocycles. The summed E-state index contributed by atoms with van der Waals surface area (Å²) in [5.74, 6) is 0. The molecule has 0 radical (unpaired) electrons. The van der Waals surface area contributed by atoms with E-state index in [2.05, 4.69) is 42.8 Å². The van der Waals surface area contributed by atoms with E-state index in [1.54, 1.807) is 0 Å². The molecule has 1 aromatic rings. The Bertz CT molecular complexity index is 483. The number of hydrogen-bond donors (Lipinski definition) is 3. The van der Waals surface area contributed by atoms with E-state index in [0.717, 1.165) is 18.8 Å². The second-order valence-corrected chi connectivity index (χ2v) is 6.38. The summed E-state index contributed by atoms with van der Waals surface area (Å²) < 4.78 is 0. The Morgan fingerprint density at radius 3 is 2.76 bits per heavy atom. The number of carbonyl (C=O) groups excluding carboxylic acids is 1. The Morgan fingerprint density at radius 1 is 1.38 bits per heavy atom. The molecule has 0 aromatic heterocycles. The highest BCUT2D eigenvalue weighted by Gasteiger charge is 2.31. The van der Waals surface area contributed by atoms with Crippen molar-refractivity contribution in [2.75, 3.05) is 18.4 Å². The molecular formula is C17H27N3O. The number of benzene rings is 1. The van der Waals surface area contributed by atoms with E-state index >= 15 is 0 Å². The molecule has 1 aromatic carbocycles. The number of rotatable bonds is 6. The summed E-state index contributed by atoms with van der Waals surface area (Å²) in [5.41, 5.74) is 2.33. The lowest BCUT2D eigenvalue weighted by Crippen LogP contribution is -2.41. The van der Waals surface area contributed by atoms with Gasteiger partial charge in [0, 0.05) is 18.3 Å². The van der Waals surface area contributed by atoms with Crippen molar-refractivity contribution < 1.29 is 4.79 Å². The first-order valence-corrected chi connectivity index (χ1v) is 7.91. The van der Waals surface area contributed by atoms with Gasteiger partial charge in [0.1, 0.15) is 0 Å². The molecular weight excluding hydrogens is 262 g/mol. The molecule has 0 bridgehead atoms. The van der Waals surface area contributed by atoms with E-state index in [1.807, 2.05) is 18.2 Å². The van der Waals surface area contributed by atoms with E-state index in [9.17, 15) is 4.79 Å². The lowest BCUT2D eigenvalue weighted by atomic mass is 9.70. The highest BCUT2D eigenvalue weighted by atomic mass is 16.2. The maximum atomic E-state index is 12.0. The first kappa shape index (κ1) is 15.8. The van der Waals surface area contributed by atoms with Gasteiger partial charge in [-0.05, 0) is 49.4 Å². The zero-order valence-electron chi connectivity index (χ0n) is 13.3. The van der Waals surface area contributed by atoms with Crippen LogP contribution in [0.4, 0.5) is 10.5 Å². The molecule has 1 unspecified atom stereocenters. The monoisotopic (exact) mass is 289 g/mol. The van der Waals surface area contributed by atoms with Gasteiger partial charge in [0.05, 0.1) is 0 Å². The van der Waals surface area contributed by atoms with Gasteiger partial charge < -0.3 is 16.0 Å². The summed E-state index contributed by atoms with van der Waals surface area (Å²) >= 11 is 0. The topological polar surface area (TPSA) is 53.2 Å². The van der Waals surface area contributed by atoms with Crippen LogP contribution in [0.25, 0.3) is 0 Å². The number of amides is 2. The Kier molecular flexibility index (Phi) is 5.23. The zero-order chi connectivity index (χ0) is 15.3. The third-order valence-electron chi connectivity index (χ3n) is 4.39. The minimum absolute atomic E-state index is 0.114. The number of hydrogen-bond acceptors (Lipinski definition) is 2. The van der Waals surface area contributed by atoms with Crippen molar-refractivity contribution in [3.63, 3.8) is 0 Å². The largest absolute Gasteiger partial charge is 0.337 e. The first-order valence-electron chi connectivity index (χ1n) is 7.91. The molecule has 0 saturated heterocycles. The Morgan fingerprint density at radius 2 is 2.14 bits per heavy atom. The fraction of sp³-hybridized carbons (Fsp3) is 0.588. The molecule has 0 spiro atoms. The summed E-state index contributed by atoms with van der Waals surface area (Å²) in [6.45, 7) is 8.13. The SMILES string of the molecule is CCNC(C)c1cccc(NC(=O)NCC2(C)CCC2)c1. The first-order chi connectivity index (χ1) is 10.0. The van der Waals surface area contributed by atoms with Crippen LogP contribution in [-0.2, 0) is 0 Å². The average molecular weight is 289 g/mol. The summed E-state index contributed by atoms with van der Waals surface area (Å²) in [6, 6.07) is 8.17. The van der Waals surface area contributed by atoms with Crippen molar-refractivity contribution in [1.82, 2.24) is 10.6 Å². The molecule has 0 aliphatic heterocycles. The van der Waals surface area contributed by atoms with Crippen LogP contribution >= 0.6 is 0 Å². The second kappa shape index (κ2) is 6.94. The average Bonchev–Trinajstić information content (AvgIpc) is 2.43. The van der Waals surface area contributed by atoms with Crippen LogP contribution in [0.5, 0.6) is 0 Å². The van der Waals surface area contributed by atoms with Gasteiger partial charge in [-0.15, -0.1) is 0 Å². The van der Waals surface area contributed by atoms with Gasteiger partial charge in [0.15, 0.2) is 0 Å². The Hall–Kier alpha value is -1.55.